The molecule has 228 valence electrons. The molecule has 3 aromatic rings. The topological polar surface area (TPSA) is 247 Å². The Hall–Kier alpha value is -5.24. The highest BCUT2D eigenvalue weighted by Gasteiger charge is 2.32. The minimum absolute atomic E-state index is 0.130. The first-order valence-corrected chi connectivity index (χ1v) is 13.4. The van der Waals surface area contributed by atoms with Crippen molar-refractivity contribution in [3.05, 3.63) is 71.9 Å². The summed E-state index contributed by atoms with van der Waals surface area (Å²) in [5, 5.41) is 26.9. The fraction of sp³-hybridized carbons (Fsp3) is 0.310. The van der Waals surface area contributed by atoms with Crippen LogP contribution in [0.2, 0.25) is 0 Å². The van der Waals surface area contributed by atoms with Gasteiger partial charge in [0.2, 0.25) is 23.6 Å². The number of aromatic amines is 1. The minimum Gasteiger partial charge on any atom is -0.481 e. The molecule has 14 heteroatoms. The first kappa shape index (κ1) is 32.3. The number of carbonyl (C=O) groups excluding carboxylic acids is 4. The zero-order valence-corrected chi connectivity index (χ0v) is 23.1. The summed E-state index contributed by atoms with van der Waals surface area (Å²) >= 11 is 0. The molecule has 2 aromatic carbocycles. The molecule has 10 N–H and O–H groups in total. The SMILES string of the molecule is NC(=O)CCC(NC(=O)C(N)Cc1ccccc1)C(=O)NC(CC(=O)O)C(=O)NC(Cc1c[nH]c2ccccc12)C(=O)O. The number of hydrogen-bond donors (Lipinski definition) is 8. The molecule has 0 fully saturated rings. The van der Waals surface area contributed by atoms with Gasteiger partial charge in [0.25, 0.3) is 0 Å². The van der Waals surface area contributed by atoms with E-state index in [-0.39, 0.29) is 25.7 Å². The van der Waals surface area contributed by atoms with E-state index in [1.807, 2.05) is 0 Å². The number of aliphatic carboxylic acids is 2. The van der Waals surface area contributed by atoms with Gasteiger partial charge in [-0.25, -0.2) is 4.79 Å². The van der Waals surface area contributed by atoms with Crippen molar-refractivity contribution in [3.63, 3.8) is 0 Å². The molecular formula is C29H34N6O8. The maximum Gasteiger partial charge on any atom is 0.326 e. The molecule has 1 heterocycles. The van der Waals surface area contributed by atoms with E-state index in [9.17, 15) is 39.0 Å². The van der Waals surface area contributed by atoms with Crippen LogP contribution in [0.1, 0.15) is 30.4 Å². The van der Waals surface area contributed by atoms with E-state index >= 15 is 0 Å². The zero-order valence-electron chi connectivity index (χ0n) is 23.1. The number of carboxylic acids is 2. The number of nitrogens with one attached hydrogen (secondary N) is 4. The van der Waals surface area contributed by atoms with E-state index in [0.29, 0.717) is 5.56 Å². The summed E-state index contributed by atoms with van der Waals surface area (Å²) in [6, 6.07) is 10.4. The molecule has 0 saturated heterocycles. The lowest BCUT2D eigenvalue weighted by atomic mass is 10.0. The van der Waals surface area contributed by atoms with Gasteiger partial charge in [0.05, 0.1) is 12.5 Å². The fourth-order valence-electron chi connectivity index (χ4n) is 4.44. The van der Waals surface area contributed by atoms with Gasteiger partial charge < -0.3 is 42.6 Å². The highest BCUT2D eigenvalue weighted by molar-refractivity contribution is 5.96. The lowest BCUT2D eigenvalue weighted by Crippen LogP contribution is -2.58. The number of rotatable bonds is 16. The number of carbonyl (C=O) groups is 6. The largest absolute Gasteiger partial charge is 0.481 e. The molecule has 0 aliphatic carbocycles. The van der Waals surface area contributed by atoms with Gasteiger partial charge in [0.1, 0.15) is 18.1 Å². The third-order valence-electron chi connectivity index (χ3n) is 6.67. The summed E-state index contributed by atoms with van der Waals surface area (Å²) in [5.41, 5.74) is 13.3. The number of benzene rings is 2. The number of hydrogen-bond acceptors (Lipinski definition) is 7. The molecule has 0 aliphatic rings. The van der Waals surface area contributed by atoms with E-state index in [4.69, 9.17) is 11.5 Å². The maximum atomic E-state index is 13.2. The van der Waals surface area contributed by atoms with Gasteiger partial charge in [-0.15, -0.1) is 0 Å². The van der Waals surface area contributed by atoms with E-state index < -0.39 is 66.2 Å². The average molecular weight is 595 g/mol. The Bertz CT molecular complexity index is 1470. The second-order valence-electron chi connectivity index (χ2n) is 9.98. The van der Waals surface area contributed by atoms with Crippen LogP contribution in [0.25, 0.3) is 10.9 Å². The molecule has 0 spiro atoms. The Kier molecular flexibility index (Phi) is 11.3. The lowest BCUT2D eigenvalue weighted by Gasteiger charge is -2.24. The van der Waals surface area contributed by atoms with Crippen molar-refractivity contribution >= 4 is 46.5 Å². The van der Waals surface area contributed by atoms with E-state index in [1.165, 1.54) is 0 Å². The van der Waals surface area contributed by atoms with Crippen molar-refractivity contribution in [2.24, 2.45) is 11.5 Å². The van der Waals surface area contributed by atoms with Gasteiger partial charge in [-0.2, -0.15) is 0 Å². The third kappa shape index (κ3) is 9.67. The molecule has 4 unspecified atom stereocenters. The second-order valence-corrected chi connectivity index (χ2v) is 9.98. The predicted octanol–water partition coefficient (Wildman–Crippen LogP) is -0.440. The van der Waals surface area contributed by atoms with Crippen LogP contribution in [0.3, 0.4) is 0 Å². The third-order valence-corrected chi connectivity index (χ3v) is 6.67. The first-order chi connectivity index (χ1) is 20.4. The number of fused-ring (bicyclic) bond motifs is 1. The number of H-pyrrole nitrogens is 1. The highest BCUT2D eigenvalue weighted by atomic mass is 16.4. The molecular weight excluding hydrogens is 560 g/mol. The molecule has 43 heavy (non-hydrogen) atoms. The summed E-state index contributed by atoms with van der Waals surface area (Å²) in [6.07, 6.45) is 0.167. The summed E-state index contributed by atoms with van der Waals surface area (Å²) in [7, 11) is 0. The lowest BCUT2D eigenvalue weighted by molar-refractivity contribution is -0.143. The molecule has 0 radical (unpaired) electrons. The Labute approximate surface area is 246 Å². The van der Waals surface area contributed by atoms with Crippen LogP contribution >= 0.6 is 0 Å². The monoisotopic (exact) mass is 594 g/mol. The van der Waals surface area contributed by atoms with Gasteiger partial charge in [-0.1, -0.05) is 48.5 Å². The Morgan fingerprint density at radius 1 is 0.767 bits per heavy atom. The van der Waals surface area contributed by atoms with Crippen molar-refractivity contribution in [2.75, 3.05) is 0 Å². The summed E-state index contributed by atoms with van der Waals surface area (Å²) < 4.78 is 0. The van der Waals surface area contributed by atoms with E-state index in [1.54, 1.807) is 60.8 Å². The number of carboxylic acid groups (broad SMARTS) is 2. The van der Waals surface area contributed by atoms with Crippen LogP contribution in [0, 0.1) is 0 Å². The first-order valence-electron chi connectivity index (χ1n) is 13.4. The van der Waals surface area contributed by atoms with Crippen molar-refractivity contribution in [2.45, 2.75) is 56.3 Å². The van der Waals surface area contributed by atoms with Gasteiger partial charge in [-0.05, 0) is 30.0 Å². The number of amides is 4. The van der Waals surface area contributed by atoms with Crippen molar-refractivity contribution in [1.29, 1.82) is 0 Å². The highest BCUT2D eigenvalue weighted by Crippen LogP contribution is 2.19. The summed E-state index contributed by atoms with van der Waals surface area (Å²) in [4.78, 5) is 77.1. The quantitative estimate of drug-likeness (QED) is 0.107. The minimum atomic E-state index is -1.71. The summed E-state index contributed by atoms with van der Waals surface area (Å²) in [6.45, 7) is 0. The van der Waals surface area contributed by atoms with E-state index in [0.717, 1.165) is 16.5 Å². The van der Waals surface area contributed by atoms with Gasteiger partial charge in [-0.3, -0.25) is 24.0 Å². The molecule has 0 bridgehead atoms. The van der Waals surface area contributed by atoms with Crippen LogP contribution in [-0.2, 0) is 41.6 Å². The molecule has 4 atom stereocenters. The number of nitrogens with two attached hydrogens (primary N) is 2. The normalized spacial score (nSPS) is 13.7. The second kappa shape index (κ2) is 15.1. The molecule has 14 nitrogen and oxygen atoms in total. The Morgan fingerprint density at radius 2 is 1.37 bits per heavy atom. The molecule has 0 aliphatic heterocycles. The average Bonchev–Trinajstić information content (AvgIpc) is 3.37. The van der Waals surface area contributed by atoms with Crippen molar-refractivity contribution in [3.8, 4) is 0 Å². The molecule has 3 rings (SSSR count). The van der Waals surface area contributed by atoms with Gasteiger partial charge in [0.15, 0.2) is 0 Å². The summed E-state index contributed by atoms with van der Waals surface area (Å²) in [5.74, 6) is -6.36. The van der Waals surface area contributed by atoms with Gasteiger partial charge in [0, 0.05) is 29.9 Å². The maximum absolute atomic E-state index is 13.2. The van der Waals surface area contributed by atoms with Crippen LogP contribution in [0.5, 0.6) is 0 Å². The number of primary amides is 1. The predicted molar refractivity (Wildman–Crippen MR) is 154 cm³/mol. The van der Waals surface area contributed by atoms with Crippen LogP contribution in [-0.4, -0.2) is 74.9 Å². The standard InChI is InChI=1S/C29H34N6O8/c30-19(12-16-6-2-1-3-7-16)26(39)33-21(10-11-24(31)36)27(40)34-22(14-25(37)38)28(41)35-23(29(42)43)13-17-15-32-20-9-5-4-8-18(17)20/h1-9,15,19,21-23,32H,10-14,30H2,(H2,31,36)(H,33,39)(H,34,40)(H,35,41)(H,37,38)(H,42,43). The van der Waals surface area contributed by atoms with E-state index in [2.05, 4.69) is 20.9 Å². The Morgan fingerprint density at radius 3 is 2.02 bits per heavy atom. The Balaban J connectivity index is 1.73. The molecule has 0 saturated carbocycles. The van der Waals surface area contributed by atoms with Gasteiger partial charge >= 0.3 is 11.9 Å². The van der Waals surface area contributed by atoms with Crippen LogP contribution in [0.15, 0.2) is 60.8 Å². The molecule has 4 amide bonds. The van der Waals surface area contributed by atoms with Crippen molar-refractivity contribution in [1.82, 2.24) is 20.9 Å². The fourth-order valence-corrected chi connectivity index (χ4v) is 4.44. The smallest absolute Gasteiger partial charge is 0.326 e. The molecule has 1 aromatic heterocycles. The van der Waals surface area contributed by atoms with Crippen LogP contribution in [0.4, 0.5) is 0 Å². The number of para-hydroxylation sites is 1. The number of aromatic nitrogens is 1. The van der Waals surface area contributed by atoms with Crippen LogP contribution < -0.4 is 27.4 Å². The zero-order chi connectivity index (χ0) is 31.5. The van der Waals surface area contributed by atoms with Crippen molar-refractivity contribution < 1.29 is 39.0 Å².